The molecule has 0 aliphatic heterocycles. The summed E-state index contributed by atoms with van der Waals surface area (Å²) in [7, 11) is 1.57. The molecule has 6 heteroatoms. The number of hydrogen-bond acceptors (Lipinski definition) is 3. The second-order valence-electron chi connectivity index (χ2n) is 6.96. The van der Waals surface area contributed by atoms with E-state index in [-0.39, 0.29) is 18.4 Å². The van der Waals surface area contributed by atoms with E-state index in [2.05, 4.69) is 21.2 Å². The molecule has 0 spiro atoms. The van der Waals surface area contributed by atoms with Crippen LogP contribution in [-0.2, 0) is 16.1 Å². The fourth-order valence-corrected chi connectivity index (χ4v) is 3.25. The summed E-state index contributed by atoms with van der Waals surface area (Å²) in [5.41, 5.74) is 4.16. The average molecular weight is 447 g/mol. The number of nitrogens with zero attached hydrogens (tertiary/aromatic N) is 1. The Hall–Kier alpha value is -2.34. The second-order valence-corrected chi connectivity index (χ2v) is 7.75. The van der Waals surface area contributed by atoms with Crippen LogP contribution in [0.3, 0.4) is 0 Å². The third-order valence-corrected chi connectivity index (χ3v) is 5.87. The first kappa shape index (κ1) is 22.0. The molecule has 0 bridgehead atoms. The van der Waals surface area contributed by atoms with Gasteiger partial charge in [-0.15, -0.1) is 0 Å². The maximum atomic E-state index is 12.9. The molecule has 1 atom stereocenters. The number of carbonyl (C=O) groups excluding carboxylic acids is 2. The van der Waals surface area contributed by atoms with Crippen molar-refractivity contribution in [2.24, 2.45) is 0 Å². The minimum atomic E-state index is -0.602. The molecule has 0 radical (unpaired) electrons. The first-order valence-electron chi connectivity index (χ1n) is 9.19. The Morgan fingerprint density at radius 3 is 2.36 bits per heavy atom. The number of likely N-dealkylation sites (N-methyl/N-ethyl adjacent to an activating group) is 1. The average Bonchev–Trinajstić information content (AvgIpc) is 2.67. The SMILES string of the molecule is CNC(=O)[C@@H](C)N(Cc1cccc(C)c1)C(=O)COc1cc(C)c(Br)c(C)c1. The lowest BCUT2D eigenvalue weighted by Crippen LogP contribution is -2.48. The third-order valence-electron chi connectivity index (χ3n) is 4.62. The highest BCUT2D eigenvalue weighted by molar-refractivity contribution is 9.10. The molecule has 2 rings (SSSR count). The van der Waals surface area contributed by atoms with Gasteiger partial charge in [0.2, 0.25) is 5.91 Å². The van der Waals surface area contributed by atoms with Crippen LogP contribution in [0.1, 0.15) is 29.2 Å². The van der Waals surface area contributed by atoms with Gasteiger partial charge in [-0.25, -0.2) is 0 Å². The molecule has 0 unspecified atom stereocenters. The van der Waals surface area contributed by atoms with E-state index in [0.717, 1.165) is 26.7 Å². The number of aryl methyl sites for hydroxylation is 3. The van der Waals surface area contributed by atoms with Gasteiger partial charge < -0.3 is 15.0 Å². The topological polar surface area (TPSA) is 58.6 Å². The third kappa shape index (κ3) is 5.58. The van der Waals surface area contributed by atoms with Crippen LogP contribution in [0.5, 0.6) is 5.75 Å². The molecule has 0 heterocycles. The zero-order valence-electron chi connectivity index (χ0n) is 17.0. The molecule has 28 heavy (non-hydrogen) atoms. The van der Waals surface area contributed by atoms with Crippen LogP contribution >= 0.6 is 15.9 Å². The molecule has 150 valence electrons. The van der Waals surface area contributed by atoms with Crippen molar-refractivity contribution in [1.82, 2.24) is 10.2 Å². The predicted octanol–water partition coefficient (Wildman–Crippen LogP) is 3.92. The molecule has 5 nitrogen and oxygen atoms in total. The number of benzene rings is 2. The van der Waals surface area contributed by atoms with Gasteiger partial charge >= 0.3 is 0 Å². The van der Waals surface area contributed by atoms with Crippen molar-refractivity contribution in [2.75, 3.05) is 13.7 Å². The number of ether oxygens (including phenoxy) is 1. The van der Waals surface area contributed by atoms with E-state index in [4.69, 9.17) is 4.74 Å². The second kappa shape index (κ2) is 9.73. The van der Waals surface area contributed by atoms with Crippen LogP contribution in [0.15, 0.2) is 40.9 Å². The highest BCUT2D eigenvalue weighted by Gasteiger charge is 2.26. The lowest BCUT2D eigenvalue weighted by molar-refractivity contribution is -0.142. The van der Waals surface area contributed by atoms with Crippen molar-refractivity contribution in [2.45, 2.75) is 40.3 Å². The highest BCUT2D eigenvalue weighted by atomic mass is 79.9. The van der Waals surface area contributed by atoms with Gasteiger partial charge in [0, 0.05) is 18.1 Å². The Bertz CT molecular complexity index is 844. The van der Waals surface area contributed by atoms with Gasteiger partial charge in [-0.3, -0.25) is 9.59 Å². The number of carbonyl (C=O) groups is 2. The van der Waals surface area contributed by atoms with Gasteiger partial charge in [0.25, 0.3) is 5.91 Å². The summed E-state index contributed by atoms with van der Waals surface area (Å²) in [5, 5.41) is 2.61. The Labute approximate surface area is 175 Å². The van der Waals surface area contributed by atoms with Crippen molar-refractivity contribution in [1.29, 1.82) is 0 Å². The van der Waals surface area contributed by atoms with E-state index in [1.165, 1.54) is 0 Å². The van der Waals surface area contributed by atoms with Crippen LogP contribution < -0.4 is 10.1 Å². The Balaban J connectivity index is 2.17. The summed E-state index contributed by atoms with van der Waals surface area (Å²) in [5.74, 6) is 0.182. The number of hydrogen-bond donors (Lipinski definition) is 1. The minimum Gasteiger partial charge on any atom is -0.484 e. The van der Waals surface area contributed by atoms with Crippen LogP contribution in [0.2, 0.25) is 0 Å². The van der Waals surface area contributed by atoms with E-state index in [0.29, 0.717) is 12.3 Å². The van der Waals surface area contributed by atoms with E-state index in [1.807, 2.05) is 57.2 Å². The zero-order chi connectivity index (χ0) is 20.8. The van der Waals surface area contributed by atoms with Crippen LogP contribution in [0.4, 0.5) is 0 Å². The fraction of sp³-hybridized carbons (Fsp3) is 0.364. The maximum absolute atomic E-state index is 12.9. The van der Waals surface area contributed by atoms with Crippen LogP contribution in [-0.4, -0.2) is 36.4 Å². The van der Waals surface area contributed by atoms with Crippen LogP contribution in [0, 0.1) is 20.8 Å². The molecule has 2 aromatic carbocycles. The largest absolute Gasteiger partial charge is 0.484 e. The number of rotatable bonds is 7. The van der Waals surface area contributed by atoms with Crippen molar-refractivity contribution >= 4 is 27.7 Å². The molecule has 0 aliphatic rings. The number of halogens is 1. The molecule has 0 saturated carbocycles. The van der Waals surface area contributed by atoms with Crippen molar-refractivity contribution in [3.8, 4) is 5.75 Å². The standard InChI is InChI=1S/C22H27BrN2O3/c1-14-7-6-8-18(9-14)12-25(17(4)22(27)24-5)20(26)13-28-19-10-15(2)21(23)16(3)11-19/h6-11,17H,12-13H2,1-5H3,(H,24,27)/t17-/m1/s1. The Morgan fingerprint density at radius 1 is 1.14 bits per heavy atom. The van der Waals surface area contributed by atoms with Crippen LogP contribution in [0.25, 0.3) is 0 Å². The Kier molecular flexibility index (Phi) is 7.63. The maximum Gasteiger partial charge on any atom is 0.261 e. The minimum absolute atomic E-state index is 0.131. The fourth-order valence-electron chi connectivity index (χ4n) is 3.02. The highest BCUT2D eigenvalue weighted by Crippen LogP contribution is 2.26. The van der Waals surface area contributed by atoms with Gasteiger partial charge in [0.15, 0.2) is 6.61 Å². The predicted molar refractivity (Wildman–Crippen MR) is 114 cm³/mol. The van der Waals surface area contributed by atoms with Gasteiger partial charge in [-0.05, 0) is 56.5 Å². The molecule has 0 saturated heterocycles. The van der Waals surface area contributed by atoms with E-state index < -0.39 is 6.04 Å². The molecule has 1 N–H and O–H groups in total. The summed E-state index contributed by atoms with van der Waals surface area (Å²) >= 11 is 3.53. The summed E-state index contributed by atoms with van der Waals surface area (Å²) in [6.45, 7) is 7.89. The van der Waals surface area contributed by atoms with E-state index in [1.54, 1.807) is 18.9 Å². The van der Waals surface area contributed by atoms with E-state index >= 15 is 0 Å². The zero-order valence-corrected chi connectivity index (χ0v) is 18.6. The number of nitrogens with one attached hydrogen (secondary N) is 1. The summed E-state index contributed by atoms with van der Waals surface area (Å²) in [6.07, 6.45) is 0. The van der Waals surface area contributed by atoms with Gasteiger partial charge in [0.05, 0.1) is 0 Å². The first-order valence-corrected chi connectivity index (χ1v) is 9.98. The van der Waals surface area contributed by atoms with Gasteiger partial charge in [-0.1, -0.05) is 45.8 Å². The molecular weight excluding hydrogens is 420 g/mol. The molecule has 2 amide bonds. The van der Waals surface area contributed by atoms with Gasteiger partial charge in [0.1, 0.15) is 11.8 Å². The van der Waals surface area contributed by atoms with Crippen molar-refractivity contribution < 1.29 is 14.3 Å². The number of amides is 2. The quantitative estimate of drug-likeness (QED) is 0.700. The van der Waals surface area contributed by atoms with Crippen molar-refractivity contribution in [3.63, 3.8) is 0 Å². The summed E-state index contributed by atoms with van der Waals surface area (Å²) < 4.78 is 6.77. The van der Waals surface area contributed by atoms with Crippen molar-refractivity contribution in [3.05, 3.63) is 63.1 Å². The summed E-state index contributed by atoms with van der Waals surface area (Å²) in [6, 6.07) is 11.1. The molecule has 0 fully saturated rings. The van der Waals surface area contributed by atoms with Gasteiger partial charge in [-0.2, -0.15) is 0 Å². The monoisotopic (exact) mass is 446 g/mol. The first-order chi connectivity index (χ1) is 13.2. The molecule has 0 aliphatic carbocycles. The normalized spacial score (nSPS) is 11.6. The lowest BCUT2D eigenvalue weighted by Gasteiger charge is -2.28. The Morgan fingerprint density at radius 2 is 1.79 bits per heavy atom. The summed E-state index contributed by atoms with van der Waals surface area (Å²) in [4.78, 5) is 26.6. The van der Waals surface area contributed by atoms with E-state index in [9.17, 15) is 9.59 Å². The lowest BCUT2D eigenvalue weighted by atomic mass is 10.1. The molecule has 2 aromatic rings. The molecule has 0 aromatic heterocycles. The smallest absolute Gasteiger partial charge is 0.261 e. The molecular formula is C22H27BrN2O3.